The molecule has 2 fully saturated rings. The number of aromatic nitrogens is 1. The largest absolute Gasteiger partial charge is 0.488 e. The second-order valence-corrected chi connectivity index (χ2v) is 11.1. The van der Waals surface area contributed by atoms with Crippen LogP contribution in [-0.2, 0) is 5.54 Å². The summed E-state index contributed by atoms with van der Waals surface area (Å²) < 4.78 is 87.1. The minimum Gasteiger partial charge on any atom is -0.488 e. The lowest BCUT2D eigenvalue weighted by Gasteiger charge is -2.26. The van der Waals surface area contributed by atoms with E-state index in [1.54, 1.807) is 25.1 Å². The number of pyridine rings is 1. The molecule has 6 rings (SSSR count). The van der Waals surface area contributed by atoms with Crippen molar-refractivity contribution >= 4 is 5.91 Å². The topological polar surface area (TPSA) is 95.7 Å². The Hall–Kier alpha value is -3.93. The number of ether oxygens (including phenoxy) is 3. The lowest BCUT2D eigenvalue weighted by atomic mass is 9.89. The zero-order valence-corrected chi connectivity index (χ0v) is 22.6. The maximum atomic E-state index is 14.1. The van der Waals surface area contributed by atoms with Gasteiger partial charge in [-0.15, -0.1) is 0 Å². The molecule has 12 heteroatoms. The Balaban J connectivity index is 1.26. The minimum atomic E-state index is -4.87. The molecule has 3 aromatic rings. The number of alkyl halides is 3. The van der Waals surface area contributed by atoms with Crippen molar-refractivity contribution in [3.63, 3.8) is 0 Å². The van der Waals surface area contributed by atoms with Crippen LogP contribution in [0.5, 0.6) is 17.2 Å². The van der Waals surface area contributed by atoms with E-state index in [2.05, 4.69) is 10.3 Å². The molecule has 0 saturated heterocycles. The summed E-state index contributed by atoms with van der Waals surface area (Å²) in [5, 5.41) is 2.79. The van der Waals surface area contributed by atoms with Crippen molar-refractivity contribution in [3.05, 3.63) is 70.9 Å². The quantitative estimate of drug-likeness (QED) is 0.309. The summed E-state index contributed by atoms with van der Waals surface area (Å²) in [7, 11) is 0. The van der Waals surface area contributed by atoms with Crippen LogP contribution in [-0.4, -0.2) is 42.4 Å². The summed E-state index contributed by atoms with van der Waals surface area (Å²) in [6.07, 6.45) is -0.820. The number of amides is 1. The predicted octanol–water partition coefficient (Wildman–Crippen LogP) is 5.75. The Bertz CT molecular complexity index is 1540. The van der Waals surface area contributed by atoms with E-state index in [9.17, 15) is 26.7 Å². The van der Waals surface area contributed by atoms with Gasteiger partial charge in [0.15, 0.2) is 34.4 Å². The summed E-state index contributed by atoms with van der Waals surface area (Å²) in [6.45, 7) is 0.774. The summed E-state index contributed by atoms with van der Waals surface area (Å²) in [6, 6.07) is 9.02. The molecule has 0 unspecified atom stereocenters. The van der Waals surface area contributed by atoms with Gasteiger partial charge in [0.05, 0.1) is 12.2 Å². The Morgan fingerprint density at radius 1 is 1.05 bits per heavy atom. The average molecular weight is 590 g/mol. The van der Waals surface area contributed by atoms with Crippen LogP contribution in [0.25, 0.3) is 11.3 Å². The zero-order chi connectivity index (χ0) is 29.8. The van der Waals surface area contributed by atoms with Crippen molar-refractivity contribution in [1.29, 1.82) is 0 Å². The minimum absolute atomic E-state index is 0.00538. The molecule has 2 atom stereocenters. The van der Waals surface area contributed by atoms with E-state index in [1.165, 1.54) is 12.1 Å². The van der Waals surface area contributed by atoms with Crippen LogP contribution >= 0.6 is 0 Å². The zero-order valence-electron chi connectivity index (χ0n) is 22.6. The molecule has 42 heavy (non-hydrogen) atoms. The molecule has 0 bridgehead atoms. The highest BCUT2D eigenvalue weighted by atomic mass is 19.4. The van der Waals surface area contributed by atoms with E-state index in [-0.39, 0.29) is 47.0 Å². The maximum absolute atomic E-state index is 14.1. The normalized spacial score (nSPS) is 20.5. The van der Waals surface area contributed by atoms with Crippen molar-refractivity contribution in [2.75, 3.05) is 13.2 Å². The van der Waals surface area contributed by atoms with Gasteiger partial charge in [0.25, 0.3) is 5.91 Å². The van der Waals surface area contributed by atoms with Gasteiger partial charge < -0.3 is 25.3 Å². The monoisotopic (exact) mass is 589 g/mol. The number of nitrogens with two attached hydrogens (primary N) is 1. The van der Waals surface area contributed by atoms with Crippen LogP contribution in [0.3, 0.4) is 0 Å². The molecule has 1 aliphatic heterocycles. The van der Waals surface area contributed by atoms with Crippen LogP contribution in [0.1, 0.15) is 60.1 Å². The lowest BCUT2D eigenvalue weighted by Crippen LogP contribution is -2.51. The number of halogens is 5. The standard InChI is InChI=1S/C30H28F5N3O4/c1-15(13-37-28(39)17-3-9-24(41-18-4-5-18)25(11-17)42-19-6-7-19)23-12-20-27(40-14-29(20,36)30(33,34)35)26(38-23)16-2-8-21(31)22(32)10-16/h2-3,8-12,15,18-19H,4-7,13-14,36H2,1H3,(H,37,39)/t15-,29+/m1/s1. The second-order valence-electron chi connectivity index (χ2n) is 11.1. The van der Waals surface area contributed by atoms with Gasteiger partial charge in [0.2, 0.25) is 0 Å². The molecule has 0 radical (unpaired) electrons. The number of fused-ring (bicyclic) bond motifs is 1. The third-order valence-electron chi connectivity index (χ3n) is 7.53. The van der Waals surface area contributed by atoms with Crippen LogP contribution < -0.4 is 25.3 Å². The first kappa shape index (κ1) is 28.2. The van der Waals surface area contributed by atoms with Crippen molar-refractivity contribution in [2.45, 2.75) is 62.4 Å². The highest BCUT2D eigenvalue weighted by molar-refractivity contribution is 5.95. The molecule has 1 aromatic heterocycles. The van der Waals surface area contributed by atoms with Crippen LogP contribution in [0.2, 0.25) is 0 Å². The fourth-order valence-corrected chi connectivity index (χ4v) is 4.64. The molecule has 2 aromatic carbocycles. The summed E-state index contributed by atoms with van der Waals surface area (Å²) in [4.78, 5) is 17.5. The molecule has 3 aliphatic rings. The van der Waals surface area contributed by atoms with Crippen molar-refractivity contribution in [3.8, 4) is 28.5 Å². The van der Waals surface area contributed by atoms with E-state index in [1.807, 2.05) is 0 Å². The number of rotatable bonds is 9. The Labute approximate surface area is 238 Å². The van der Waals surface area contributed by atoms with Crippen molar-refractivity contribution < 1.29 is 41.0 Å². The summed E-state index contributed by atoms with van der Waals surface area (Å²) in [5.41, 5.74) is 3.01. The molecule has 1 amide bonds. The van der Waals surface area contributed by atoms with Gasteiger partial charge in [-0.3, -0.25) is 4.79 Å². The number of carbonyl (C=O) groups excluding carboxylic acids is 1. The lowest BCUT2D eigenvalue weighted by molar-refractivity contribution is -0.191. The predicted molar refractivity (Wildman–Crippen MR) is 141 cm³/mol. The number of hydrogen-bond acceptors (Lipinski definition) is 6. The first-order valence-electron chi connectivity index (χ1n) is 13.7. The van der Waals surface area contributed by atoms with Gasteiger partial charge in [0, 0.05) is 34.8 Å². The van der Waals surface area contributed by atoms with Crippen LogP contribution in [0.15, 0.2) is 42.5 Å². The molecule has 2 saturated carbocycles. The molecule has 7 nitrogen and oxygen atoms in total. The molecule has 2 aliphatic carbocycles. The smallest absolute Gasteiger partial charge is 0.414 e. The van der Waals surface area contributed by atoms with Crippen LogP contribution in [0.4, 0.5) is 22.0 Å². The molecular weight excluding hydrogens is 561 g/mol. The number of benzene rings is 2. The van der Waals surface area contributed by atoms with Gasteiger partial charge in [-0.05, 0) is 68.1 Å². The van der Waals surface area contributed by atoms with Gasteiger partial charge in [-0.1, -0.05) is 6.92 Å². The van der Waals surface area contributed by atoms with E-state index in [4.69, 9.17) is 19.9 Å². The van der Waals surface area contributed by atoms with Gasteiger partial charge in [-0.25, -0.2) is 13.8 Å². The third-order valence-corrected chi connectivity index (χ3v) is 7.53. The van der Waals surface area contributed by atoms with Gasteiger partial charge in [-0.2, -0.15) is 13.2 Å². The fourth-order valence-electron chi connectivity index (χ4n) is 4.64. The van der Waals surface area contributed by atoms with Gasteiger partial charge in [0.1, 0.15) is 12.3 Å². The first-order chi connectivity index (χ1) is 19.9. The Kier molecular flexibility index (Phi) is 6.99. The molecule has 2 heterocycles. The Morgan fingerprint density at radius 3 is 2.38 bits per heavy atom. The number of nitrogens with zero attached hydrogens (tertiary/aromatic N) is 1. The SMILES string of the molecule is C[C@H](CNC(=O)c1ccc(OC2CC2)c(OC2CC2)c1)c1cc2c(c(-c3ccc(F)c(F)c3)n1)OC[C@@]2(N)C(F)(F)F. The summed E-state index contributed by atoms with van der Waals surface area (Å²) >= 11 is 0. The highest BCUT2D eigenvalue weighted by Gasteiger charge is 2.59. The Morgan fingerprint density at radius 2 is 1.74 bits per heavy atom. The molecular formula is C30H28F5N3O4. The fraction of sp³-hybridized carbons (Fsp3) is 0.400. The summed E-state index contributed by atoms with van der Waals surface area (Å²) in [5.74, 6) is -2.51. The average Bonchev–Trinajstić information content (AvgIpc) is 3.89. The number of nitrogens with one attached hydrogen (secondary N) is 1. The van der Waals surface area contributed by atoms with Gasteiger partial charge >= 0.3 is 6.18 Å². The van der Waals surface area contributed by atoms with Crippen molar-refractivity contribution in [1.82, 2.24) is 10.3 Å². The number of hydrogen-bond donors (Lipinski definition) is 2. The van der Waals surface area contributed by atoms with E-state index >= 15 is 0 Å². The van der Waals surface area contributed by atoms with Crippen molar-refractivity contribution in [2.24, 2.45) is 5.73 Å². The molecule has 3 N–H and O–H groups in total. The van der Waals surface area contributed by atoms with E-state index in [0.29, 0.717) is 17.1 Å². The van der Waals surface area contributed by atoms with E-state index in [0.717, 1.165) is 37.8 Å². The first-order valence-corrected chi connectivity index (χ1v) is 13.7. The highest BCUT2D eigenvalue weighted by Crippen LogP contribution is 2.49. The second kappa shape index (κ2) is 10.4. The molecule has 0 spiro atoms. The van der Waals surface area contributed by atoms with Crippen LogP contribution in [0, 0.1) is 11.6 Å². The third kappa shape index (κ3) is 5.47. The number of carbonyl (C=O) groups is 1. The molecule has 222 valence electrons. The van der Waals surface area contributed by atoms with E-state index < -0.39 is 41.8 Å². The maximum Gasteiger partial charge on any atom is 0.414 e.